The molecule has 0 bridgehead atoms. The van der Waals surface area contributed by atoms with Crippen LogP contribution < -0.4 is 5.32 Å². The highest BCUT2D eigenvalue weighted by Crippen LogP contribution is 2.29. The van der Waals surface area contributed by atoms with Crippen molar-refractivity contribution in [2.45, 2.75) is 12.5 Å². The van der Waals surface area contributed by atoms with Crippen molar-refractivity contribution in [2.24, 2.45) is 5.92 Å². The molecule has 2 saturated heterocycles. The zero-order valence-electron chi connectivity index (χ0n) is 11.1. The van der Waals surface area contributed by atoms with Gasteiger partial charge in [0.05, 0.1) is 6.61 Å². The molecular formula is C15H21ClN2O. The number of hydrogen-bond donors (Lipinski definition) is 1. The van der Waals surface area contributed by atoms with Gasteiger partial charge in [0, 0.05) is 43.9 Å². The van der Waals surface area contributed by atoms with Crippen molar-refractivity contribution in [3.05, 3.63) is 34.9 Å². The first kappa shape index (κ1) is 13.4. The molecule has 1 aromatic rings. The van der Waals surface area contributed by atoms with Crippen LogP contribution in [0.2, 0.25) is 5.02 Å². The number of benzene rings is 1. The highest BCUT2D eigenvalue weighted by atomic mass is 35.5. The number of nitrogens with one attached hydrogen (secondary N) is 1. The molecule has 3 nitrogen and oxygen atoms in total. The van der Waals surface area contributed by atoms with Crippen LogP contribution in [0.1, 0.15) is 18.0 Å². The van der Waals surface area contributed by atoms with Crippen molar-refractivity contribution in [2.75, 3.05) is 39.4 Å². The van der Waals surface area contributed by atoms with Crippen LogP contribution in [0.15, 0.2) is 24.3 Å². The first-order valence-corrected chi connectivity index (χ1v) is 7.49. The van der Waals surface area contributed by atoms with E-state index in [9.17, 15) is 0 Å². The molecule has 2 aliphatic heterocycles. The number of ether oxygens (including phenoxy) is 1. The van der Waals surface area contributed by atoms with Gasteiger partial charge in [0.15, 0.2) is 0 Å². The Hall–Kier alpha value is -0.610. The van der Waals surface area contributed by atoms with Gasteiger partial charge < -0.3 is 10.1 Å². The number of piperazine rings is 1. The van der Waals surface area contributed by atoms with Gasteiger partial charge >= 0.3 is 0 Å². The molecule has 0 amide bonds. The van der Waals surface area contributed by atoms with Crippen LogP contribution >= 0.6 is 11.6 Å². The standard InChI is InChI=1S/C15H21ClN2O/c16-14-4-2-1-3-13(14)15-9-17-6-7-18(15)10-12-5-8-19-11-12/h1-4,12,15,17H,5-11H2. The lowest BCUT2D eigenvalue weighted by atomic mass is 10.0. The lowest BCUT2D eigenvalue weighted by Crippen LogP contribution is -2.47. The van der Waals surface area contributed by atoms with Crippen LogP contribution in [0.3, 0.4) is 0 Å². The van der Waals surface area contributed by atoms with Gasteiger partial charge in [-0.1, -0.05) is 29.8 Å². The average Bonchev–Trinajstić information content (AvgIpc) is 2.93. The molecule has 0 radical (unpaired) electrons. The number of nitrogens with zero attached hydrogens (tertiary/aromatic N) is 1. The molecule has 0 aromatic heterocycles. The van der Waals surface area contributed by atoms with Crippen LogP contribution in [0.5, 0.6) is 0 Å². The van der Waals surface area contributed by atoms with E-state index in [4.69, 9.17) is 16.3 Å². The molecule has 2 heterocycles. The highest BCUT2D eigenvalue weighted by molar-refractivity contribution is 6.31. The summed E-state index contributed by atoms with van der Waals surface area (Å²) in [4.78, 5) is 2.57. The van der Waals surface area contributed by atoms with Gasteiger partial charge in [-0.25, -0.2) is 0 Å². The maximum Gasteiger partial charge on any atom is 0.0507 e. The maximum absolute atomic E-state index is 6.36. The fourth-order valence-corrected chi connectivity index (χ4v) is 3.34. The minimum absolute atomic E-state index is 0.392. The predicted molar refractivity (Wildman–Crippen MR) is 77.6 cm³/mol. The van der Waals surface area contributed by atoms with E-state index in [0.29, 0.717) is 12.0 Å². The molecule has 1 aromatic carbocycles. The largest absolute Gasteiger partial charge is 0.381 e. The van der Waals surface area contributed by atoms with Gasteiger partial charge in [0.25, 0.3) is 0 Å². The van der Waals surface area contributed by atoms with E-state index < -0.39 is 0 Å². The van der Waals surface area contributed by atoms with E-state index in [1.54, 1.807) is 0 Å². The molecule has 1 N–H and O–H groups in total. The molecule has 2 unspecified atom stereocenters. The lowest BCUT2D eigenvalue weighted by Gasteiger charge is -2.38. The Morgan fingerprint density at radius 3 is 3.05 bits per heavy atom. The van der Waals surface area contributed by atoms with Crippen LogP contribution in [0.25, 0.3) is 0 Å². The van der Waals surface area contributed by atoms with Crippen LogP contribution in [-0.4, -0.2) is 44.3 Å². The Labute approximate surface area is 119 Å². The lowest BCUT2D eigenvalue weighted by molar-refractivity contribution is 0.123. The summed E-state index contributed by atoms with van der Waals surface area (Å²) in [6, 6.07) is 8.60. The monoisotopic (exact) mass is 280 g/mol. The Balaban J connectivity index is 1.75. The zero-order valence-corrected chi connectivity index (χ0v) is 11.9. The molecule has 19 heavy (non-hydrogen) atoms. The van der Waals surface area contributed by atoms with Gasteiger partial charge in [-0.3, -0.25) is 4.90 Å². The van der Waals surface area contributed by atoms with Crippen LogP contribution in [-0.2, 0) is 4.74 Å². The summed E-state index contributed by atoms with van der Waals surface area (Å²) in [5.74, 6) is 0.683. The van der Waals surface area contributed by atoms with Gasteiger partial charge in [0.1, 0.15) is 0 Å². The molecular weight excluding hydrogens is 260 g/mol. The van der Waals surface area contributed by atoms with Gasteiger partial charge in [-0.2, -0.15) is 0 Å². The Morgan fingerprint density at radius 2 is 2.26 bits per heavy atom. The Bertz CT molecular complexity index is 420. The van der Waals surface area contributed by atoms with Crippen molar-refractivity contribution in [3.8, 4) is 0 Å². The molecule has 0 spiro atoms. The Morgan fingerprint density at radius 1 is 1.37 bits per heavy atom. The number of halogens is 1. The summed E-state index contributed by atoms with van der Waals surface area (Å²) >= 11 is 6.36. The first-order valence-electron chi connectivity index (χ1n) is 7.11. The van der Waals surface area contributed by atoms with E-state index in [1.807, 2.05) is 12.1 Å². The smallest absolute Gasteiger partial charge is 0.0507 e. The normalized spacial score (nSPS) is 28.7. The van der Waals surface area contributed by atoms with Crippen molar-refractivity contribution in [1.82, 2.24) is 10.2 Å². The SMILES string of the molecule is Clc1ccccc1C1CNCCN1CC1CCOC1. The molecule has 2 aliphatic rings. The number of hydrogen-bond acceptors (Lipinski definition) is 3. The topological polar surface area (TPSA) is 24.5 Å². The average molecular weight is 281 g/mol. The summed E-state index contributed by atoms with van der Waals surface area (Å²) in [7, 11) is 0. The quantitative estimate of drug-likeness (QED) is 0.920. The first-order chi connectivity index (χ1) is 9.34. The summed E-state index contributed by atoms with van der Waals surface area (Å²) < 4.78 is 5.49. The Kier molecular flexibility index (Phi) is 4.38. The van der Waals surface area contributed by atoms with Gasteiger partial charge in [-0.05, 0) is 24.0 Å². The van der Waals surface area contributed by atoms with Gasteiger partial charge in [-0.15, -0.1) is 0 Å². The second-order valence-corrected chi connectivity index (χ2v) is 5.87. The summed E-state index contributed by atoms with van der Waals surface area (Å²) in [6.07, 6.45) is 1.19. The third-order valence-corrected chi connectivity index (χ3v) is 4.48. The molecule has 3 rings (SSSR count). The fourth-order valence-electron chi connectivity index (χ4n) is 3.08. The fraction of sp³-hybridized carbons (Fsp3) is 0.600. The number of rotatable bonds is 3. The third-order valence-electron chi connectivity index (χ3n) is 4.14. The summed E-state index contributed by atoms with van der Waals surface area (Å²) in [6.45, 7) is 6.10. The highest BCUT2D eigenvalue weighted by Gasteiger charge is 2.28. The second-order valence-electron chi connectivity index (χ2n) is 5.47. The minimum Gasteiger partial charge on any atom is -0.381 e. The minimum atomic E-state index is 0.392. The van der Waals surface area contributed by atoms with Crippen LogP contribution in [0.4, 0.5) is 0 Å². The van der Waals surface area contributed by atoms with E-state index in [-0.39, 0.29) is 0 Å². The summed E-state index contributed by atoms with van der Waals surface area (Å²) in [5.41, 5.74) is 1.25. The van der Waals surface area contributed by atoms with Crippen molar-refractivity contribution in [3.63, 3.8) is 0 Å². The van der Waals surface area contributed by atoms with E-state index in [0.717, 1.165) is 44.4 Å². The van der Waals surface area contributed by atoms with E-state index in [1.165, 1.54) is 12.0 Å². The zero-order chi connectivity index (χ0) is 13.1. The predicted octanol–water partition coefficient (Wildman–Crippen LogP) is 2.32. The molecule has 2 atom stereocenters. The molecule has 4 heteroatoms. The summed E-state index contributed by atoms with van der Waals surface area (Å²) in [5, 5.41) is 4.36. The molecule has 0 saturated carbocycles. The third kappa shape index (κ3) is 3.11. The van der Waals surface area contributed by atoms with Crippen molar-refractivity contribution in [1.29, 1.82) is 0 Å². The molecule has 104 valence electrons. The van der Waals surface area contributed by atoms with Crippen molar-refractivity contribution < 1.29 is 4.74 Å². The maximum atomic E-state index is 6.36. The van der Waals surface area contributed by atoms with Crippen molar-refractivity contribution >= 4 is 11.6 Å². The van der Waals surface area contributed by atoms with E-state index in [2.05, 4.69) is 22.3 Å². The molecule has 2 fully saturated rings. The van der Waals surface area contributed by atoms with E-state index >= 15 is 0 Å². The molecule has 0 aliphatic carbocycles. The van der Waals surface area contributed by atoms with Gasteiger partial charge in [0.2, 0.25) is 0 Å². The second kappa shape index (κ2) is 6.23. The van der Waals surface area contributed by atoms with Crippen LogP contribution in [0, 0.1) is 5.92 Å².